The molecule has 3 nitrogen and oxygen atoms in total. The van der Waals surface area contributed by atoms with Crippen molar-refractivity contribution in [1.29, 1.82) is 0 Å². The zero-order chi connectivity index (χ0) is 15.8. The lowest BCUT2D eigenvalue weighted by Crippen LogP contribution is -2.37. The van der Waals surface area contributed by atoms with Crippen molar-refractivity contribution in [2.45, 2.75) is 58.0 Å². The minimum Gasteiger partial charge on any atom is -0.481 e. The highest BCUT2D eigenvalue weighted by Gasteiger charge is 2.48. The lowest BCUT2D eigenvalue weighted by atomic mass is 9.97. The van der Waals surface area contributed by atoms with Crippen molar-refractivity contribution in [3.05, 3.63) is 29.3 Å². The normalized spacial score (nSPS) is 23.3. The molecular formula is C16H23F2NO2. The van der Waals surface area contributed by atoms with Gasteiger partial charge >= 0.3 is 0 Å². The Hall–Kier alpha value is -1.20. The first-order valence-corrected chi connectivity index (χ1v) is 7.14. The lowest BCUT2D eigenvalue weighted by molar-refractivity contribution is -0.0852. The third-order valence-corrected chi connectivity index (χ3v) is 3.69. The Bertz CT molecular complexity index is 506. The molecule has 1 aromatic rings. The van der Waals surface area contributed by atoms with Gasteiger partial charge in [-0.25, -0.2) is 8.78 Å². The van der Waals surface area contributed by atoms with Crippen LogP contribution in [0.1, 0.15) is 39.7 Å². The number of hydrogen-bond donors (Lipinski definition) is 1. The Labute approximate surface area is 124 Å². The minimum atomic E-state index is -0.680. The van der Waals surface area contributed by atoms with Crippen LogP contribution in [0.15, 0.2) is 12.1 Å². The maximum atomic E-state index is 14.1. The van der Waals surface area contributed by atoms with E-state index < -0.39 is 23.3 Å². The molecule has 0 radical (unpaired) electrons. The molecular weight excluding hydrogens is 276 g/mol. The fraction of sp³-hybridized carbons (Fsp3) is 0.625. The van der Waals surface area contributed by atoms with Gasteiger partial charge in [-0.15, -0.1) is 0 Å². The van der Waals surface area contributed by atoms with Crippen LogP contribution >= 0.6 is 0 Å². The summed E-state index contributed by atoms with van der Waals surface area (Å²) in [4.78, 5) is 0. The van der Waals surface area contributed by atoms with Crippen LogP contribution in [0.2, 0.25) is 0 Å². The molecule has 1 aromatic carbocycles. The molecule has 0 aliphatic carbocycles. The Kier molecular flexibility index (Phi) is 4.26. The van der Waals surface area contributed by atoms with Crippen LogP contribution in [-0.4, -0.2) is 24.4 Å². The van der Waals surface area contributed by atoms with Gasteiger partial charge in [0.05, 0.1) is 5.60 Å². The minimum absolute atomic E-state index is 0.325. The van der Waals surface area contributed by atoms with Crippen LogP contribution in [0.3, 0.4) is 0 Å². The van der Waals surface area contributed by atoms with Crippen molar-refractivity contribution in [3.63, 3.8) is 0 Å². The molecule has 21 heavy (non-hydrogen) atoms. The van der Waals surface area contributed by atoms with Gasteiger partial charge in [0, 0.05) is 13.0 Å². The monoisotopic (exact) mass is 299 g/mol. The molecule has 0 spiro atoms. The van der Waals surface area contributed by atoms with Crippen LogP contribution in [-0.2, 0) is 11.3 Å². The molecule has 0 saturated carbocycles. The molecule has 1 saturated heterocycles. The van der Waals surface area contributed by atoms with E-state index in [1.807, 2.05) is 27.7 Å². The zero-order valence-electron chi connectivity index (χ0n) is 13.2. The second-order valence-corrected chi connectivity index (χ2v) is 6.69. The Morgan fingerprint density at radius 1 is 1.24 bits per heavy atom. The summed E-state index contributed by atoms with van der Waals surface area (Å²) in [6.07, 6.45) is 0.184. The topological polar surface area (TPSA) is 30.5 Å². The van der Waals surface area contributed by atoms with Crippen LogP contribution in [0.4, 0.5) is 8.78 Å². The van der Waals surface area contributed by atoms with Crippen molar-refractivity contribution < 1.29 is 18.3 Å². The molecule has 118 valence electrons. The third-order valence-electron chi connectivity index (χ3n) is 3.69. The van der Waals surface area contributed by atoms with E-state index in [0.717, 1.165) is 0 Å². The number of benzene rings is 1. The molecule has 0 aromatic heterocycles. The summed E-state index contributed by atoms with van der Waals surface area (Å²) in [7, 11) is 1.72. The maximum absolute atomic E-state index is 14.1. The lowest BCUT2D eigenvalue weighted by Gasteiger charge is -2.27. The van der Waals surface area contributed by atoms with E-state index in [9.17, 15) is 8.78 Å². The molecule has 1 unspecified atom stereocenters. The fourth-order valence-electron chi connectivity index (χ4n) is 2.87. The summed E-state index contributed by atoms with van der Waals surface area (Å²) in [5, 5.41) is 2.86. The van der Waals surface area contributed by atoms with Gasteiger partial charge in [0.2, 0.25) is 0 Å². The van der Waals surface area contributed by atoms with Crippen molar-refractivity contribution in [1.82, 2.24) is 5.32 Å². The fourth-order valence-corrected chi connectivity index (χ4v) is 2.87. The number of rotatable bonds is 4. The summed E-state index contributed by atoms with van der Waals surface area (Å²) in [5.41, 5.74) is -0.415. The first-order chi connectivity index (χ1) is 9.64. The van der Waals surface area contributed by atoms with Crippen LogP contribution in [0.25, 0.3) is 0 Å². The average molecular weight is 299 g/mol. The smallest absolute Gasteiger partial charge is 0.191 e. The van der Waals surface area contributed by atoms with Gasteiger partial charge in [-0.05, 0) is 52.4 Å². The molecule has 1 fully saturated rings. The van der Waals surface area contributed by atoms with Gasteiger partial charge in [-0.2, -0.15) is 0 Å². The first-order valence-electron chi connectivity index (χ1n) is 7.14. The van der Waals surface area contributed by atoms with Crippen molar-refractivity contribution >= 4 is 0 Å². The number of hydrogen-bond acceptors (Lipinski definition) is 3. The van der Waals surface area contributed by atoms with Crippen molar-refractivity contribution in [2.24, 2.45) is 0 Å². The summed E-state index contributed by atoms with van der Waals surface area (Å²) in [5.74, 6) is -1.68. The number of halogens is 2. The van der Waals surface area contributed by atoms with Crippen LogP contribution < -0.4 is 10.1 Å². The molecule has 5 heteroatoms. The summed E-state index contributed by atoms with van der Waals surface area (Å²) >= 11 is 0. The SMILES string of the molecule is CNCc1cc(F)c(OC2CC(C)(C)OC2(C)C)c(F)c1. The molecule has 1 aliphatic heterocycles. The van der Waals surface area contributed by atoms with E-state index in [1.165, 1.54) is 12.1 Å². The maximum Gasteiger partial charge on any atom is 0.191 e. The van der Waals surface area contributed by atoms with Gasteiger partial charge in [0.1, 0.15) is 11.7 Å². The molecule has 2 rings (SSSR count). The predicted molar refractivity (Wildman–Crippen MR) is 77.4 cm³/mol. The number of nitrogens with one attached hydrogen (secondary N) is 1. The molecule has 0 amide bonds. The van der Waals surface area contributed by atoms with Crippen molar-refractivity contribution in [2.75, 3.05) is 7.05 Å². The zero-order valence-corrected chi connectivity index (χ0v) is 13.2. The van der Waals surface area contributed by atoms with E-state index in [2.05, 4.69) is 5.32 Å². The van der Waals surface area contributed by atoms with Gasteiger partial charge in [-0.3, -0.25) is 0 Å². The van der Waals surface area contributed by atoms with Gasteiger partial charge < -0.3 is 14.8 Å². The quantitative estimate of drug-likeness (QED) is 0.924. The van der Waals surface area contributed by atoms with Gasteiger partial charge in [0.25, 0.3) is 0 Å². The molecule has 1 atom stereocenters. The second-order valence-electron chi connectivity index (χ2n) is 6.69. The second kappa shape index (κ2) is 5.54. The highest BCUT2D eigenvalue weighted by Crippen LogP contribution is 2.40. The third kappa shape index (κ3) is 3.52. The highest BCUT2D eigenvalue weighted by atomic mass is 19.1. The average Bonchev–Trinajstić information content (AvgIpc) is 2.52. The Morgan fingerprint density at radius 2 is 1.81 bits per heavy atom. The Balaban J connectivity index is 2.24. The molecule has 0 bridgehead atoms. The van der Waals surface area contributed by atoms with Crippen LogP contribution in [0.5, 0.6) is 5.75 Å². The number of ether oxygens (including phenoxy) is 2. The molecule has 1 aliphatic rings. The van der Waals surface area contributed by atoms with E-state index in [0.29, 0.717) is 18.5 Å². The first kappa shape index (κ1) is 16.2. The van der Waals surface area contributed by atoms with E-state index >= 15 is 0 Å². The summed E-state index contributed by atoms with van der Waals surface area (Å²) in [6, 6.07) is 2.59. The summed E-state index contributed by atoms with van der Waals surface area (Å²) < 4.78 is 39.7. The van der Waals surface area contributed by atoms with Crippen LogP contribution in [0, 0.1) is 11.6 Å². The Morgan fingerprint density at radius 3 is 2.24 bits per heavy atom. The van der Waals surface area contributed by atoms with E-state index in [4.69, 9.17) is 9.47 Å². The highest BCUT2D eigenvalue weighted by molar-refractivity contribution is 5.32. The molecule has 1 heterocycles. The van der Waals surface area contributed by atoms with E-state index in [1.54, 1.807) is 7.05 Å². The van der Waals surface area contributed by atoms with Gasteiger partial charge in [-0.1, -0.05) is 0 Å². The standard InChI is InChI=1S/C16H23F2NO2/c1-15(2)8-13(16(3,4)21-15)20-14-11(17)6-10(9-19-5)7-12(14)18/h6-7,13,19H,8-9H2,1-5H3. The largest absolute Gasteiger partial charge is 0.481 e. The van der Waals surface area contributed by atoms with Crippen molar-refractivity contribution in [3.8, 4) is 5.75 Å². The molecule has 1 N–H and O–H groups in total. The predicted octanol–water partition coefficient (Wildman–Crippen LogP) is 3.41. The summed E-state index contributed by atoms with van der Waals surface area (Å²) in [6.45, 7) is 8.04. The van der Waals surface area contributed by atoms with E-state index in [-0.39, 0.29) is 11.4 Å². The van der Waals surface area contributed by atoms with Gasteiger partial charge in [0.15, 0.2) is 17.4 Å².